The molecule has 1 aromatic heterocycles. The number of benzene rings is 1. The molecule has 1 nitrogen and oxygen atoms in total. The zero-order chi connectivity index (χ0) is 14.5. The first-order valence-electron chi connectivity index (χ1n) is 6.89. The Morgan fingerprint density at radius 2 is 1.95 bits per heavy atom. The molecule has 20 heavy (non-hydrogen) atoms. The minimum atomic E-state index is 0.340. The van der Waals surface area contributed by atoms with Crippen LogP contribution in [-0.4, -0.2) is 6.54 Å². The maximum atomic E-state index is 6.11. The lowest BCUT2D eigenvalue weighted by atomic mass is 10.0. The molecular weight excluding hydrogens is 309 g/mol. The van der Waals surface area contributed by atoms with Crippen LogP contribution in [-0.2, 0) is 12.8 Å². The molecule has 108 valence electrons. The number of likely N-dealkylation sites (N-methyl/N-ethyl adjacent to an activating group) is 1. The van der Waals surface area contributed by atoms with E-state index >= 15 is 0 Å². The molecule has 0 aliphatic heterocycles. The van der Waals surface area contributed by atoms with E-state index in [2.05, 4.69) is 36.7 Å². The lowest BCUT2D eigenvalue weighted by Gasteiger charge is -2.18. The molecule has 0 aliphatic rings. The SMILES string of the molecule is CCNC(Cc1ccc(Cl)c(Cl)c1)c1sccc1CC. The summed E-state index contributed by atoms with van der Waals surface area (Å²) in [5.41, 5.74) is 2.64. The number of hydrogen-bond donors (Lipinski definition) is 1. The largest absolute Gasteiger partial charge is 0.309 e. The Morgan fingerprint density at radius 3 is 2.60 bits per heavy atom. The van der Waals surface area contributed by atoms with Gasteiger partial charge in [-0.3, -0.25) is 0 Å². The fraction of sp³-hybridized carbons (Fsp3) is 0.375. The van der Waals surface area contributed by atoms with Crippen molar-refractivity contribution in [1.82, 2.24) is 5.32 Å². The Bertz CT molecular complexity index is 565. The molecule has 1 N–H and O–H groups in total. The van der Waals surface area contributed by atoms with E-state index in [-0.39, 0.29) is 0 Å². The summed E-state index contributed by atoms with van der Waals surface area (Å²) in [6.07, 6.45) is 2.00. The van der Waals surface area contributed by atoms with Gasteiger partial charge in [0.15, 0.2) is 0 Å². The molecule has 0 saturated carbocycles. The van der Waals surface area contributed by atoms with Gasteiger partial charge in [-0.25, -0.2) is 0 Å². The van der Waals surface area contributed by atoms with Crippen molar-refractivity contribution in [3.05, 3.63) is 55.7 Å². The second kappa shape index (κ2) is 7.46. The molecule has 0 aliphatic carbocycles. The van der Waals surface area contributed by atoms with Gasteiger partial charge in [0.2, 0.25) is 0 Å². The Hall–Kier alpha value is -0.540. The summed E-state index contributed by atoms with van der Waals surface area (Å²) >= 11 is 13.9. The maximum Gasteiger partial charge on any atom is 0.0595 e. The molecule has 1 heterocycles. The van der Waals surface area contributed by atoms with Crippen LogP contribution in [0, 0.1) is 0 Å². The van der Waals surface area contributed by atoms with Gasteiger partial charge >= 0.3 is 0 Å². The van der Waals surface area contributed by atoms with E-state index < -0.39 is 0 Å². The van der Waals surface area contributed by atoms with Crippen molar-refractivity contribution >= 4 is 34.5 Å². The fourth-order valence-corrected chi connectivity index (χ4v) is 3.75. The number of hydrogen-bond acceptors (Lipinski definition) is 2. The molecule has 0 spiro atoms. The molecule has 0 saturated heterocycles. The minimum absolute atomic E-state index is 0.340. The van der Waals surface area contributed by atoms with E-state index in [1.807, 2.05) is 23.5 Å². The highest BCUT2D eigenvalue weighted by molar-refractivity contribution is 7.10. The summed E-state index contributed by atoms with van der Waals surface area (Å²) in [4.78, 5) is 1.43. The van der Waals surface area contributed by atoms with Crippen LogP contribution in [0.1, 0.15) is 35.9 Å². The van der Waals surface area contributed by atoms with E-state index in [1.165, 1.54) is 16.0 Å². The number of nitrogens with one attached hydrogen (secondary N) is 1. The highest BCUT2D eigenvalue weighted by atomic mass is 35.5. The molecule has 1 atom stereocenters. The first-order chi connectivity index (χ1) is 9.65. The quantitative estimate of drug-likeness (QED) is 0.737. The number of rotatable bonds is 6. The molecule has 0 fully saturated rings. The normalized spacial score (nSPS) is 12.6. The third-order valence-corrected chi connectivity index (χ3v) is 5.16. The van der Waals surface area contributed by atoms with Crippen LogP contribution in [0.15, 0.2) is 29.6 Å². The lowest BCUT2D eigenvalue weighted by molar-refractivity contribution is 0.555. The minimum Gasteiger partial charge on any atom is -0.309 e. The first kappa shape index (κ1) is 15.8. The number of halogens is 2. The Balaban J connectivity index is 2.23. The topological polar surface area (TPSA) is 12.0 Å². The van der Waals surface area contributed by atoms with E-state index in [1.54, 1.807) is 0 Å². The van der Waals surface area contributed by atoms with Crippen molar-refractivity contribution in [3.8, 4) is 0 Å². The van der Waals surface area contributed by atoms with E-state index in [9.17, 15) is 0 Å². The van der Waals surface area contributed by atoms with Crippen molar-refractivity contribution in [3.63, 3.8) is 0 Å². The second-order valence-corrected chi connectivity index (χ2v) is 6.49. The van der Waals surface area contributed by atoms with Gasteiger partial charge in [0, 0.05) is 10.9 Å². The van der Waals surface area contributed by atoms with Gasteiger partial charge in [-0.05, 0) is 54.1 Å². The predicted molar refractivity (Wildman–Crippen MR) is 90.3 cm³/mol. The summed E-state index contributed by atoms with van der Waals surface area (Å²) in [6, 6.07) is 8.45. The molecular formula is C16H19Cl2NS. The van der Waals surface area contributed by atoms with Crippen molar-refractivity contribution < 1.29 is 0 Å². The van der Waals surface area contributed by atoms with E-state index in [4.69, 9.17) is 23.2 Å². The van der Waals surface area contributed by atoms with Crippen molar-refractivity contribution in [2.24, 2.45) is 0 Å². The van der Waals surface area contributed by atoms with Crippen molar-refractivity contribution in [2.75, 3.05) is 6.54 Å². The molecule has 2 aromatic rings. The summed E-state index contributed by atoms with van der Waals surface area (Å²) in [5.74, 6) is 0. The zero-order valence-electron chi connectivity index (χ0n) is 11.7. The number of aryl methyl sites for hydroxylation is 1. The first-order valence-corrected chi connectivity index (χ1v) is 8.52. The standard InChI is InChI=1S/C16H19Cl2NS/c1-3-12-7-8-20-16(12)15(19-4-2)10-11-5-6-13(17)14(18)9-11/h5-9,15,19H,3-4,10H2,1-2H3. The third-order valence-electron chi connectivity index (χ3n) is 3.35. The molecule has 1 aromatic carbocycles. The van der Waals surface area contributed by atoms with Crippen LogP contribution in [0.2, 0.25) is 10.0 Å². The smallest absolute Gasteiger partial charge is 0.0595 e. The monoisotopic (exact) mass is 327 g/mol. The van der Waals surface area contributed by atoms with Gasteiger partial charge in [-0.2, -0.15) is 0 Å². The van der Waals surface area contributed by atoms with Crippen LogP contribution in [0.25, 0.3) is 0 Å². The Morgan fingerprint density at radius 1 is 1.15 bits per heavy atom. The summed E-state index contributed by atoms with van der Waals surface area (Å²) < 4.78 is 0. The van der Waals surface area contributed by atoms with Crippen molar-refractivity contribution in [2.45, 2.75) is 32.7 Å². The van der Waals surface area contributed by atoms with Crippen molar-refractivity contribution in [1.29, 1.82) is 0 Å². The summed E-state index contributed by atoms with van der Waals surface area (Å²) in [5, 5.41) is 6.99. The van der Waals surface area contributed by atoms with Gasteiger partial charge < -0.3 is 5.32 Å². The molecule has 2 rings (SSSR count). The van der Waals surface area contributed by atoms with E-state index in [0.717, 1.165) is 19.4 Å². The summed E-state index contributed by atoms with van der Waals surface area (Å²) in [7, 11) is 0. The molecule has 0 amide bonds. The highest BCUT2D eigenvalue weighted by Gasteiger charge is 2.16. The van der Waals surface area contributed by atoms with Crippen LogP contribution in [0.3, 0.4) is 0 Å². The fourth-order valence-electron chi connectivity index (χ4n) is 2.35. The predicted octanol–water partition coefficient (Wildman–Crippen LogP) is 5.51. The maximum absolute atomic E-state index is 6.11. The van der Waals surface area contributed by atoms with Crippen LogP contribution < -0.4 is 5.32 Å². The van der Waals surface area contributed by atoms with Crippen LogP contribution in [0.4, 0.5) is 0 Å². The third kappa shape index (κ3) is 3.76. The summed E-state index contributed by atoms with van der Waals surface area (Å²) in [6.45, 7) is 5.29. The lowest BCUT2D eigenvalue weighted by Crippen LogP contribution is -2.23. The number of thiophene rings is 1. The molecule has 0 bridgehead atoms. The average molecular weight is 328 g/mol. The highest BCUT2D eigenvalue weighted by Crippen LogP contribution is 2.30. The Labute approximate surface area is 134 Å². The zero-order valence-corrected chi connectivity index (χ0v) is 14.1. The Kier molecular flexibility index (Phi) is 5.91. The van der Waals surface area contributed by atoms with Crippen LogP contribution >= 0.6 is 34.5 Å². The van der Waals surface area contributed by atoms with E-state index in [0.29, 0.717) is 16.1 Å². The van der Waals surface area contributed by atoms with Gasteiger partial charge in [0.25, 0.3) is 0 Å². The van der Waals surface area contributed by atoms with Gasteiger partial charge in [0.05, 0.1) is 10.0 Å². The average Bonchev–Trinajstić information content (AvgIpc) is 2.90. The van der Waals surface area contributed by atoms with Gasteiger partial charge in [0.1, 0.15) is 0 Å². The molecule has 4 heteroatoms. The van der Waals surface area contributed by atoms with Gasteiger partial charge in [-0.1, -0.05) is 43.1 Å². The van der Waals surface area contributed by atoms with Crippen LogP contribution in [0.5, 0.6) is 0 Å². The molecule has 0 radical (unpaired) electrons. The second-order valence-electron chi connectivity index (χ2n) is 4.73. The van der Waals surface area contributed by atoms with Gasteiger partial charge in [-0.15, -0.1) is 11.3 Å². The molecule has 1 unspecified atom stereocenters.